The van der Waals surface area contributed by atoms with Gasteiger partial charge in [-0.3, -0.25) is 0 Å². The summed E-state index contributed by atoms with van der Waals surface area (Å²) in [4.78, 5) is 14.2. The average Bonchev–Trinajstić information content (AvgIpc) is 2.73. The van der Waals surface area contributed by atoms with E-state index in [0.29, 0.717) is 5.56 Å². The smallest absolute Gasteiger partial charge is 0.338 e. The van der Waals surface area contributed by atoms with Gasteiger partial charge in [0.1, 0.15) is 0 Å². The highest BCUT2D eigenvalue weighted by Crippen LogP contribution is 2.21. The Labute approximate surface area is 166 Å². The van der Waals surface area contributed by atoms with E-state index in [1.165, 1.54) is 44.2 Å². The van der Waals surface area contributed by atoms with Crippen LogP contribution < -0.4 is 9.62 Å². The monoisotopic (exact) mass is 402 g/mol. The Balaban J connectivity index is 1.69. The van der Waals surface area contributed by atoms with E-state index in [4.69, 9.17) is 4.74 Å². The van der Waals surface area contributed by atoms with Crippen LogP contribution in [0.2, 0.25) is 0 Å². The summed E-state index contributed by atoms with van der Waals surface area (Å²) in [6, 6.07) is 12.4. The maximum atomic E-state index is 12.6. The summed E-state index contributed by atoms with van der Waals surface area (Å²) >= 11 is 0. The number of aryl methyl sites for hydroxylation is 1. The largest absolute Gasteiger partial charge is 0.465 e. The van der Waals surface area contributed by atoms with Crippen molar-refractivity contribution in [1.29, 1.82) is 0 Å². The molecule has 28 heavy (non-hydrogen) atoms. The number of methoxy groups -OCH3 is 1. The summed E-state index contributed by atoms with van der Waals surface area (Å²) in [5, 5.41) is 0. The molecule has 6 nitrogen and oxygen atoms in total. The summed E-state index contributed by atoms with van der Waals surface area (Å²) in [6.07, 6.45) is 3.71. The first-order valence-corrected chi connectivity index (χ1v) is 10.9. The van der Waals surface area contributed by atoms with Crippen molar-refractivity contribution < 1.29 is 17.9 Å². The van der Waals surface area contributed by atoms with Gasteiger partial charge < -0.3 is 9.64 Å². The molecule has 0 amide bonds. The minimum Gasteiger partial charge on any atom is -0.465 e. The van der Waals surface area contributed by atoms with Crippen LogP contribution in [0.5, 0.6) is 0 Å². The highest BCUT2D eigenvalue weighted by molar-refractivity contribution is 7.89. The summed E-state index contributed by atoms with van der Waals surface area (Å²) in [5.41, 5.74) is 2.97. The van der Waals surface area contributed by atoms with E-state index in [9.17, 15) is 13.2 Å². The Morgan fingerprint density at radius 1 is 1.07 bits per heavy atom. The molecule has 0 radical (unpaired) electrons. The highest BCUT2D eigenvalue weighted by Gasteiger charge is 2.18. The quantitative estimate of drug-likeness (QED) is 0.751. The van der Waals surface area contributed by atoms with Gasteiger partial charge in [0.25, 0.3) is 0 Å². The summed E-state index contributed by atoms with van der Waals surface area (Å²) in [7, 11) is -2.47. The van der Waals surface area contributed by atoms with Gasteiger partial charge in [0.2, 0.25) is 10.0 Å². The number of hydrogen-bond donors (Lipinski definition) is 1. The Kier molecular flexibility index (Phi) is 6.36. The number of esters is 1. The van der Waals surface area contributed by atoms with Gasteiger partial charge in [-0.1, -0.05) is 18.2 Å². The molecule has 1 aliphatic heterocycles. The van der Waals surface area contributed by atoms with Gasteiger partial charge in [0, 0.05) is 25.3 Å². The van der Waals surface area contributed by atoms with E-state index in [0.717, 1.165) is 18.7 Å². The van der Waals surface area contributed by atoms with Crippen LogP contribution in [0.15, 0.2) is 47.4 Å². The van der Waals surface area contributed by atoms with Gasteiger partial charge in [-0.2, -0.15) is 0 Å². The van der Waals surface area contributed by atoms with Gasteiger partial charge in [0.05, 0.1) is 17.6 Å². The van der Waals surface area contributed by atoms with Crippen molar-refractivity contribution in [3.8, 4) is 0 Å². The number of hydrogen-bond acceptors (Lipinski definition) is 5. The zero-order valence-corrected chi connectivity index (χ0v) is 17.1. The van der Waals surface area contributed by atoms with Crippen LogP contribution in [0.4, 0.5) is 5.69 Å². The molecule has 1 heterocycles. The normalized spacial score (nSPS) is 14.7. The molecule has 0 saturated carbocycles. The lowest BCUT2D eigenvalue weighted by molar-refractivity contribution is 0.0599. The molecule has 1 aliphatic rings. The van der Waals surface area contributed by atoms with Crippen LogP contribution in [0.25, 0.3) is 0 Å². The van der Waals surface area contributed by atoms with Crippen LogP contribution in [0.3, 0.4) is 0 Å². The molecule has 7 heteroatoms. The molecular weight excluding hydrogens is 376 g/mol. The molecule has 3 rings (SSSR count). The molecule has 0 bridgehead atoms. The molecule has 0 unspecified atom stereocenters. The molecule has 1 saturated heterocycles. The SMILES string of the molecule is COC(=O)c1cc(S(=O)(=O)NCc2ccc(N3CCCCC3)cc2)ccc1C. The maximum absolute atomic E-state index is 12.6. The van der Waals surface area contributed by atoms with Crippen LogP contribution in [-0.4, -0.2) is 34.6 Å². The average molecular weight is 403 g/mol. The standard InChI is InChI=1S/C21H26N2O4S/c1-16-6-11-19(14-20(16)21(24)27-2)28(25,26)22-15-17-7-9-18(10-8-17)23-12-4-3-5-13-23/h6-11,14,22H,3-5,12-13,15H2,1-2H3. The topological polar surface area (TPSA) is 75.7 Å². The number of carbonyl (C=O) groups is 1. The van der Waals surface area contributed by atoms with E-state index in [-0.39, 0.29) is 17.0 Å². The second-order valence-electron chi connectivity index (χ2n) is 7.01. The zero-order valence-electron chi connectivity index (χ0n) is 16.3. The molecule has 150 valence electrons. The zero-order chi connectivity index (χ0) is 20.1. The number of nitrogens with zero attached hydrogens (tertiary/aromatic N) is 1. The van der Waals surface area contributed by atoms with Crippen molar-refractivity contribution in [3.05, 3.63) is 59.2 Å². The third kappa shape index (κ3) is 4.72. The lowest BCUT2D eigenvalue weighted by Gasteiger charge is -2.28. The Bertz CT molecular complexity index is 933. The summed E-state index contributed by atoms with van der Waals surface area (Å²) in [6.45, 7) is 4.06. The van der Waals surface area contributed by atoms with Gasteiger partial charge in [-0.25, -0.2) is 17.9 Å². The van der Waals surface area contributed by atoms with E-state index in [2.05, 4.69) is 9.62 Å². The molecular formula is C21H26N2O4S. The number of rotatable bonds is 6. The predicted octanol–water partition coefficient (Wildman–Crippen LogP) is 3.25. The predicted molar refractivity (Wildman–Crippen MR) is 109 cm³/mol. The fraction of sp³-hybridized carbons (Fsp3) is 0.381. The van der Waals surface area contributed by atoms with Crippen molar-refractivity contribution in [2.24, 2.45) is 0 Å². The molecule has 1 N–H and O–H groups in total. The van der Waals surface area contributed by atoms with Crippen molar-refractivity contribution >= 4 is 21.7 Å². The van der Waals surface area contributed by atoms with Crippen LogP contribution in [0.1, 0.15) is 40.7 Å². The first kappa shape index (κ1) is 20.4. The van der Waals surface area contributed by atoms with Crippen molar-refractivity contribution in [1.82, 2.24) is 4.72 Å². The second-order valence-corrected chi connectivity index (χ2v) is 8.77. The number of ether oxygens (including phenoxy) is 1. The fourth-order valence-corrected chi connectivity index (χ4v) is 4.38. The number of carbonyl (C=O) groups excluding carboxylic acids is 1. The van der Waals surface area contributed by atoms with Gasteiger partial charge in [-0.05, 0) is 61.6 Å². The number of sulfonamides is 1. The van der Waals surface area contributed by atoms with Crippen molar-refractivity contribution in [3.63, 3.8) is 0 Å². The molecule has 0 spiro atoms. The van der Waals surface area contributed by atoms with Gasteiger partial charge in [-0.15, -0.1) is 0 Å². The maximum Gasteiger partial charge on any atom is 0.338 e. The molecule has 2 aromatic rings. The Hall–Kier alpha value is -2.38. The van der Waals surface area contributed by atoms with E-state index < -0.39 is 16.0 Å². The van der Waals surface area contributed by atoms with Gasteiger partial charge >= 0.3 is 5.97 Å². The molecule has 0 aliphatic carbocycles. The highest BCUT2D eigenvalue weighted by atomic mass is 32.2. The lowest BCUT2D eigenvalue weighted by atomic mass is 10.1. The minimum absolute atomic E-state index is 0.0448. The molecule has 0 aromatic heterocycles. The number of anilines is 1. The minimum atomic E-state index is -3.74. The summed E-state index contributed by atoms with van der Waals surface area (Å²) < 4.78 is 32.6. The van der Waals surface area contributed by atoms with Crippen molar-refractivity contribution in [2.45, 2.75) is 37.6 Å². The summed E-state index contributed by atoms with van der Waals surface area (Å²) in [5.74, 6) is -0.553. The first-order chi connectivity index (χ1) is 13.4. The number of nitrogens with one attached hydrogen (secondary N) is 1. The third-order valence-electron chi connectivity index (χ3n) is 5.05. The molecule has 0 atom stereocenters. The number of piperidine rings is 1. The second kappa shape index (κ2) is 8.75. The van der Waals surface area contributed by atoms with Crippen molar-refractivity contribution in [2.75, 3.05) is 25.1 Å². The third-order valence-corrected chi connectivity index (χ3v) is 6.45. The molecule has 2 aromatic carbocycles. The molecule has 1 fully saturated rings. The van der Waals surface area contributed by atoms with Crippen LogP contribution in [-0.2, 0) is 21.3 Å². The lowest BCUT2D eigenvalue weighted by Crippen LogP contribution is -2.29. The van der Waals surface area contributed by atoms with Crippen LogP contribution >= 0.6 is 0 Å². The van der Waals surface area contributed by atoms with Gasteiger partial charge in [0.15, 0.2) is 0 Å². The van der Waals surface area contributed by atoms with E-state index >= 15 is 0 Å². The Morgan fingerprint density at radius 3 is 2.39 bits per heavy atom. The Morgan fingerprint density at radius 2 is 1.75 bits per heavy atom. The first-order valence-electron chi connectivity index (χ1n) is 9.43. The van der Waals surface area contributed by atoms with Crippen LogP contribution in [0, 0.1) is 6.92 Å². The van der Waals surface area contributed by atoms with E-state index in [1.54, 1.807) is 13.0 Å². The van der Waals surface area contributed by atoms with E-state index in [1.807, 2.05) is 24.3 Å². The number of benzene rings is 2. The fourth-order valence-electron chi connectivity index (χ4n) is 3.34.